The number of alkyl halides is 1. The number of carbonyl (C=O) groups is 1. The van der Waals surface area contributed by atoms with Crippen LogP contribution in [0.3, 0.4) is 0 Å². The SMILES string of the molecule is CC(CCl)C(=O)Nc1ccc(-c2cc(=O)[nH][nH]2)cc1. The van der Waals surface area contributed by atoms with Crippen LogP contribution in [-0.2, 0) is 4.79 Å². The smallest absolute Gasteiger partial charge is 0.264 e. The first-order chi connectivity index (χ1) is 9.10. The number of rotatable bonds is 4. The van der Waals surface area contributed by atoms with E-state index in [1.54, 1.807) is 19.1 Å². The summed E-state index contributed by atoms with van der Waals surface area (Å²) in [6.45, 7) is 1.77. The van der Waals surface area contributed by atoms with E-state index < -0.39 is 0 Å². The molecule has 2 aromatic rings. The molecular formula is C13H14ClN3O2. The van der Waals surface area contributed by atoms with E-state index in [0.29, 0.717) is 11.4 Å². The number of hydrogen-bond donors (Lipinski definition) is 3. The third-order valence-corrected chi connectivity index (χ3v) is 3.20. The second-order valence-corrected chi connectivity index (χ2v) is 4.60. The maximum Gasteiger partial charge on any atom is 0.264 e. The third kappa shape index (κ3) is 3.26. The van der Waals surface area contributed by atoms with Gasteiger partial charge in [-0.3, -0.25) is 19.8 Å². The van der Waals surface area contributed by atoms with Gasteiger partial charge in [-0.25, -0.2) is 0 Å². The van der Waals surface area contributed by atoms with E-state index >= 15 is 0 Å². The lowest BCUT2D eigenvalue weighted by atomic mass is 10.1. The van der Waals surface area contributed by atoms with Crippen molar-refractivity contribution in [3.63, 3.8) is 0 Å². The maximum atomic E-state index is 11.7. The van der Waals surface area contributed by atoms with E-state index in [-0.39, 0.29) is 23.3 Å². The van der Waals surface area contributed by atoms with Gasteiger partial charge in [-0.05, 0) is 17.7 Å². The summed E-state index contributed by atoms with van der Waals surface area (Å²) in [6, 6.07) is 8.67. The molecule has 0 saturated carbocycles. The predicted molar refractivity (Wildman–Crippen MR) is 75.4 cm³/mol. The van der Waals surface area contributed by atoms with Gasteiger partial charge in [-0.2, -0.15) is 0 Å². The Hall–Kier alpha value is -2.01. The summed E-state index contributed by atoms with van der Waals surface area (Å²) < 4.78 is 0. The molecule has 1 aromatic carbocycles. The Labute approximate surface area is 115 Å². The molecule has 0 saturated heterocycles. The van der Waals surface area contributed by atoms with Crippen molar-refractivity contribution < 1.29 is 4.79 Å². The number of halogens is 1. The highest BCUT2D eigenvalue weighted by Crippen LogP contribution is 2.18. The van der Waals surface area contributed by atoms with Gasteiger partial charge >= 0.3 is 0 Å². The first-order valence-electron chi connectivity index (χ1n) is 5.85. The van der Waals surface area contributed by atoms with Crippen molar-refractivity contribution in [1.82, 2.24) is 10.2 Å². The number of anilines is 1. The lowest BCUT2D eigenvalue weighted by Crippen LogP contribution is -2.21. The first kappa shape index (κ1) is 13.4. The molecule has 0 aliphatic rings. The Balaban J connectivity index is 2.11. The van der Waals surface area contributed by atoms with Crippen molar-refractivity contribution in [2.75, 3.05) is 11.2 Å². The molecule has 0 spiro atoms. The first-order valence-corrected chi connectivity index (χ1v) is 6.38. The highest BCUT2D eigenvalue weighted by Gasteiger charge is 2.11. The fourth-order valence-corrected chi connectivity index (χ4v) is 1.70. The number of H-pyrrole nitrogens is 2. The maximum absolute atomic E-state index is 11.7. The zero-order chi connectivity index (χ0) is 13.8. The van der Waals surface area contributed by atoms with Crippen LogP contribution in [0.5, 0.6) is 0 Å². The van der Waals surface area contributed by atoms with E-state index in [9.17, 15) is 9.59 Å². The van der Waals surface area contributed by atoms with Gasteiger partial charge in [0, 0.05) is 23.6 Å². The van der Waals surface area contributed by atoms with Crippen LogP contribution in [0, 0.1) is 5.92 Å². The second-order valence-electron chi connectivity index (χ2n) is 4.29. The van der Waals surface area contributed by atoms with Crippen LogP contribution in [0.15, 0.2) is 35.1 Å². The van der Waals surface area contributed by atoms with Crippen LogP contribution >= 0.6 is 11.6 Å². The Bertz CT molecular complexity index is 615. The molecule has 0 fully saturated rings. The topological polar surface area (TPSA) is 77.8 Å². The van der Waals surface area contributed by atoms with Crippen molar-refractivity contribution in [2.24, 2.45) is 5.92 Å². The standard InChI is InChI=1S/C13H14ClN3O2/c1-8(7-14)13(19)15-10-4-2-9(3-5-10)11-6-12(18)17-16-11/h2-6,8H,7H2,1H3,(H,15,19)(H2,16,17,18). The minimum absolute atomic E-state index is 0.113. The summed E-state index contributed by atoms with van der Waals surface area (Å²) >= 11 is 5.62. The molecule has 0 radical (unpaired) electrons. The van der Waals surface area contributed by atoms with Gasteiger partial charge in [0.25, 0.3) is 5.56 Å². The fraction of sp³-hybridized carbons (Fsp3) is 0.231. The molecular weight excluding hydrogens is 266 g/mol. The number of benzene rings is 1. The Morgan fingerprint density at radius 1 is 1.32 bits per heavy atom. The molecule has 1 unspecified atom stereocenters. The van der Waals surface area contributed by atoms with Gasteiger partial charge in [0.05, 0.1) is 5.69 Å². The van der Waals surface area contributed by atoms with Gasteiger partial charge < -0.3 is 5.32 Å². The Morgan fingerprint density at radius 3 is 2.53 bits per heavy atom. The summed E-state index contributed by atoms with van der Waals surface area (Å²) in [5, 5.41) is 8.01. The molecule has 19 heavy (non-hydrogen) atoms. The van der Waals surface area contributed by atoms with Crippen molar-refractivity contribution >= 4 is 23.2 Å². The predicted octanol–water partition coefficient (Wildman–Crippen LogP) is 2.18. The summed E-state index contributed by atoms with van der Waals surface area (Å²) in [4.78, 5) is 22.7. The van der Waals surface area contributed by atoms with E-state index in [2.05, 4.69) is 15.5 Å². The fourth-order valence-electron chi connectivity index (χ4n) is 1.56. The molecule has 5 nitrogen and oxygen atoms in total. The highest BCUT2D eigenvalue weighted by molar-refractivity contribution is 6.19. The lowest BCUT2D eigenvalue weighted by Gasteiger charge is -2.09. The largest absolute Gasteiger partial charge is 0.326 e. The lowest BCUT2D eigenvalue weighted by molar-refractivity contribution is -0.118. The van der Waals surface area contributed by atoms with Gasteiger partial charge in [0.15, 0.2) is 0 Å². The Kier molecular flexibility index (Phi) is 4.06. The van der Waals surface area contributed by atoms with Crippen molar-refractivity contribution in [3.05, 3.63) is 40.7 Å². The van der Waals surface area contributed by atoms with E-state index in [0.717, 1.165) is 5.56 Å². The summed E-state index contributed by atoms with van der Waals surface area (Å²) in [7, 11) is 0. The van der Waals surface area contributed by atoms with Crippen molar-refractivity contribution in [1.29, 1.82) is 0 Å². The van der Waals surface area contributed by atoms with Gasteiger partial charge in [-0.15, -0.1) is 11.6 Å². The molecule has 3 N–H and O–H groups in total. The van der Waals surface area contributed by atoms with Crippen LogP contribution in [0.25, 0.3) is 11.3 Å². The average molecular weight is 280 g/mol. The number of aromatic nitrogens is 2. The number of carbonyl (C=O) groups excluding carboxylic acids is 1. The molecule has 1 heterocycles. The average Bonchev–Trinajstić information content (AvgIpc) is 2.85. The van der Waals surface area contributed by atoms with E-state index in [4.69, 9.17) is 11.6 Å². The molecule has 2 rings (SSSR count). The molecule has 0 bridgehead atoms. The van der Waals surface area contributed by atoms with E-state index in [1.807, 2.05) is 12.1 Å². The molecule has 0 aliphatic heterocycles. The van der Waals surface area contributed by atoms with Crippen molar-refractivity contribution in [3.8, 4) is 11.3 Å². The molecule has 1 amide bonds. The zero-order valence-corrected chi connectivity index (χ0v) is 11.1. The minimum Gasteiger partial charge on any atom is -0.326 e. The van der Waals surface area contributed by atoms with Gasteiger partial charge in [-0.1, -0.05) is 19.1 Å². The zero-order valence-electron chi connectivity index (χ0n) is 10.4. The monoisotopic (exact) mass is 279 g/mol. The Morgan fingerprint density at radius 2 is 2.00 bits per heavy atom. The number of hydrogen-bond acceptors (Lipinski definition) is 2. The quantitative estimate of drug-likeness (QED) is 0.750. The van der Waals surface area contributed by atoms with Crippen LogP contribution in [0.4, 0.5) is 5.69 Å². The third-order valence-electron chi connectivity index (χ3n) is 2.74. The summed E-state index contributed by atoms with van der Waals surface area (Å²) in [5.74, 6) is -0.0608. The number of aromatic amines is 2. The highest BCUT2D eigenvalue weighted by atomic mass is 35.5. The number of amides is 1. The van der Waals surface area contributed by atoms with Gasteiger partial charge in [0.2, 0.25) is 5.91 Å². The van der Waals surface area contributed by atoms with Crippen LogP contribution in [-0.4, -0.2) is 22.0 Å². The molecule has 6 heteroatoms. The van der Waals surface area contributed by atoms with Gasteiger partial charge in [0.1, 0.15) is 0 Å². The van der Waals surface area contributed by atoms with E-state index in [1.165, 1.54) is 6.07 Å². The second kappa shape index (κ2) is 5.75. The summed E-state index contributed by atoms with van der Waals surface area (Å²) in [6.07, 6.45) is 0. The van der Waals surface area contributed by atoms with Crippen molar-refractivity contribution in [2.45, 2.75) is 6.92 Å². The minimum atomic E-state index is -0.234. The van der Waals surface area contributed by atoms with Crippen LogP contribution in [0.2, 0.25) is 0 Å². The summed E-state index contributed by atoms with van der Waals surface area (Å²) in [5.41, 5.74) is 2.09. The molecule has 1 aromatic heterocycles. The van der Waals surface area contributed by atoms with Crippen LogP contribution < -0.4 is 10.9 Å². The molecule has 100 valence electrons. The van der Waals surface area contributed by atoms with Crippen LogP contribution in [0.1, 0.15) is 6.92 Å². The number of nitrogens with one attached hydrogen (secondary N) is 3. The molecule has 0 aliphatic carbocycles. The molecule has 1 atom stereocenters. The normalized spacial score (nSPS) is 12.1.